The number of ether oxygens (including phenoxy) is 2. The van der Waals surface area contributed by atoms with Crippen LogP contribution in [0.2, 0.25) is 0 Å². The van der Waals surface area contributed by atoms with Crippen LogP contribution in [-0.2, 0) is 33.3 Å². The molecule has 0 fully saturated rings. The summed E-state index contributed by atoms with van der Waals surface area (Å²) >= 11 is 0. The van der Waals surface area contributed by atoms with Gasteiger partial charge in [0.1, 0.15) is 11.7 Å². The predicted octanol–water partition coefficient (Wildman–Crippen LogP) is 5.75. The maximum Gasteiger partial charge on any atom is 0.416 e. The number of hydrogen-bond acceptors (Lipinski definition) is 5. The monoisotopic (exact) mass is 508 g/mol. The Labute approximate surface area is 208 Å². The lowest BCUT2D eigenvalue weighted by Gasteiger charge is -2.27. The Morgan fingerprint density at radius 2 is 1.53 bits per heavy atom. The molecule has 0 aliphatic heterocycles. The molecule has 0 aromatic heterocycles. The van der Waals surface area contributed by atoms with E-state index in [1.54, 1.807) is 32.9 Å². The summed E-state index contributed by atoms with van der Waals surface area (Å²) in [6, 6.07) is 8.96. The third-order valence-electron chi connectivity index (χ3n) is 6.49. The quantitative estimate of drug-likeness (QED) is 0.223. The molecule has 196 valence electrons. The lowest BCUT2D eigenvalue weighted by Crippen LogP contribution is -2.32. The van der Waals surface area contributed by atoms with Crippen LogP contribution in [0.1, 0.15) is 60.7 Å². The standard InChI is InChI=1S/C27H31F3O6/c1-5-26(6-2,25(33)34)16-18-10-13-22(35-4)20(15-18)23(31)21(24(32)36-7-3)14-17-8-11-19(12-9-17)27(28,29)30/h8-13,15,21H,5-7,14,16H2,1-4H3,(H,33,34). The number of rotatable bonds is 12. The van der Waals surface area contributed by atoms with Crippen LogP contribution in [0.4, 0.5) is 13.2 Å². The van der Waals surface area contributed by atoms with Gasteiger partial charge in [-0.3, -0.25) is 14.4 Å². The van der Waals surface area contributed by atoms with Gasteiger partial charge in [0, 0.05) is 0 Å². The molecule has 2 aromatic carbocycles. The molecule has 1 unspecified atom stereocenters. The summed E-state index contributed by atoms with van der Waals surface area (Å²) in [6.45, 7) is 5.17. The van der Waals surface area contributed by atoms with E-state index in [1.165, 1.54) is 25.3 Å². The van der Waals surface area contributed by atoms with Crippen LogP contribution < -0.4 is 4.74 Å². The molecule has 2 rings (SSSR count). The molecular weight excluding hydrogens is 477 g/mol. The zero-order chi connectivity index (χ0) is 27.1. The highest BCUT2D eigenvalue weighted by Gasteiger charge is 2.36. The zero-order valence-electron chi connectivity index (χ0n) is 20.8. The molecule has 9 heteroatoms. The van der Waals surface area contributed by atoms with E-state index in [9.17, 15) is 32.7 Å². The van der Waals surface area contributed by atoms with Crippen LogP contribution >= 0.6 is 0 Å². The number of carboxylic acids is 1. The Bertz CT molecular complexity index is 1070. The first kappa shape index (κ1) is 28.9. The van der Waals surface area contributed by atoms with Gasteiger partial charge in [0.05, 0.1) is 30.3 Å². The number of esters is 1. The number of alkyl halides is 3. The topological polar surface area (TPSA) is 89.9 Å². The van der Waals surface area contributed by atoms with Gasteiger partial charge in [0.2, 0.25) is 0 Å². The van der Waals surface area contributed by atoms with Crippen molar-refractivity contribution < 1.29 is 42.1 Å². The van der Waals surface area contributed by atoms with E-state index in [4.69, 9.17) is 9.47 Å². The molecule has 0 saturated heterocycles. The van der Waals surface area contributed by atoms with Crippen molar-refractivity contribution in [3.05, 3.63) is 64.7 Å². The fraction of sp³-hybridized carbons (Fsp3) is 0.444. The highest BCUT2D eigenvalue weighted by atomic mass is 19.4. The average molecular weight is 509 g/mol. The van der Waals surface area contributed by atoms with Gasteiger partial charge in [-0.2, -0.15) is 13.2 Å². The first-order valence-corrected chi connectivity index (χ1v) is 11.7. The normalized spacial score (nSPS) is 12.6. The second-order valence-electron chi connectivity index (χ2n) is 8.57. The molecule has 0 bridgehead atoms. The van der Waals surface area contributed by atoms with E-state index in [-0.39, 0.29) is 30.8 Å². The predicted molar refractivity (Wildman–Crippen MR) is 127 cm³/mol. The molecule has 0 aliphatic carbocycles. The summed E-state index contributed by atoms with van der Waals surface area (Å²) in [5.41, 5.74) is -0.844. The van der Waals surface area contributed by atoms with Crippen molar-refractivity contribution in [2.75, 3.05) is 13.7 Å². The minimum Gasteiger partial charge on any atom is -0.496 e. The van der Waals surface area contributed by atoms with Crippen LogP contribution in [0.15, 0.2) is 42.5 Å². The largest absolute Gasteiger partial charge is 0.496 e. The number of aliphatic carboxylic acids is 1. The van der Waals surface area contributed by atoms with E-state index in [0.717, 1.165) is 12.1 Å². The van der Waals surface area contributed by atoms with Gasteiger partial charge in [0.25, 0.3) is 0 Å². The summed E-state index contributed by atoms with van der Waals surface area (Å²) < 4.78 is 49.2. The fourth-order valence-electron chi connectivity index (χ4n) is 4.11. The number of carbonyl (C=O) groups excluding carboxylic acids is 2. The summed E-state index contributed by atoms with van der Waals surface area (Å²) in [6.07, 6.45) is -3.75. The smallest absolute Gasteiger partial charge is 0.416 e. The first-order valence-electron chi connectivity index (χ1n) is 11.7. The maximum atomic E-state index is 13.6. The number of hydrogen-bond donors (Lipinski definition) is 1. The number of carbonyl (C=O) groups is 3. The van der Waals surface area contributed by atoms with Gasteiger partial charge < -0.3 is 14.6 Å². The lowest BCUT2D eigenvalue weighted by molar-refractivity contribution is -0.149. The number of carboxylic acid groups (broad SMARTS) is 1. The summed E-state index contributed by atoms with van der Waals surface area (Å²) in [7, 11) is 1.36. The van der Waals surface area contributed by atoms with Gasteiger partial charge in [-0.25, -0.2) is 0 Å². The van der Waals surface area contributed by atoms with Crippen molar-refractivity contribution in [2.45, 2.75) is 52.6 Å². The van der Waals surface area contributed by atoms with Crippen LogP contribution in [0.3, 0.4) is 0 Å². The van der Waals surface area contributed by atoms with Crippen molar-refractivity contribution in [3.63, 3.8) is 0 Å². The van der Waals surface area contributed by atoms with Crippen LogP contribution in [0, 0.1) is 11.3 Å². The summed E-state index contributed by atoms with van der Waals surface area (Å²) in [5, 5.41) is 9.80. The van der Waals surface area contributed by atoms with Crippen molar-refractivity contribution in [1.82, 2.24) is 0 Å². The van der Waals surface area contributed by atoms with E-state index >= 15 is 0 Å². The van der Waals surface area contributed by atoms with E-state index < -0.39 is 40.8 Å². The highest BCUT2D eigenvalue weighted by molar-refractivity contribution is 6.10. The molecule has 2 aromatic rings. The SMILES string of the molecule is CCOC(=O)C(Cc1ccc(C(F)(F)F)cc1)C(=O)c1cc(CC(CC)(CC)C(=O)O)ccc1OC. The summed E-state index contributed by atoms with van der Waals surface area (Å²) in [5.74, 6) is -3.51. The Balaban J connectivity index is 2.47. The third-order valence-corrected chi connectivity index (χ3v) is 6.49. The molecule has 0 amide bonds. The van der Waals surface area contributed by atoms with Gasteiger partial charge >= 0.3 is 18.1 Å². The van der Waals surface area contributed by atoms with E-state index in [2.05, 4.69) is 0 Å². The molecule has 36 heavy (non-hydrogen) atoms. The van der Waals surface area contributed by atoms with Crippen LogP contribution in [-0.4, -0.2) is 36.5 Å². The van der Waals surface area contributed by atoms with Gasteiger partial charge in [0.15, 0.2) is 5.78 Å². The average Bonchev–Trinajstić information content (AvgIpc) is 2.85. The molecule has 0 aliphatic rings. The minimum absolute atomic E-state index is 0.0148. The highest BCUT2D eigenvalue weighted by Crippen LogP contribution is 2.34. The molecule has 0 saturated carbocycles. The van der Waals surface area contributed by atoms with Gasteiger partial charge in [-0.05, 0) is 68.0 Å². The Morgan fingerprint density at radius 1 is 0.944 bits per heavy atom. The van der Waals surface area contributed by atoms with Crippen LogP contribution in [0.5, 0.6) is 5.75 Å². The van der Waals surface area contributed by atoms with Crippen molar-refractivity contribution in [1.29, 1.82) is 0 Å². The second-order valence-corrected chi connectivity index (χ2v) is 8.57. The molecule has 0 radical (unpaired) electrons. The van der Waals surface area contributed by atoms with Gasteiger partial charge in [-0.15, -0.1) is 0 Å². The van der Waals surface area contributed by atoms with Crippen LogP contribution in [0.25, 0.3) is 0 Å². The maximum absolute atomic E-state index is 13.6. The number of Topliss-reactive ketones (excluding diaryl/α,β-unsaturated/α-hetero) is 1. The van der Waals surface area contributed by atoms with Gasteiger partial charge in [-0.1, -0.05) is 32.0 Å². The summed E-state index contributed by atoms with van der Waals surface area (Å²) in [4.78, 5) is 38.3. The molecule has 1 N–H and O–H groups in total. The molecule has 0 spiro atoms. The minimum atomic E-state index is -4.51. The van der Waals surface area contributed by atoms with E-state index in [0.29, 0.717) is 24.0 Å². The Kier molecular flexibility index (Phi) is 9.67. The van der Waals surface area contributed by atoms with E-state index in [1.807, 2.05) is 0 Å². The fourth-order valence-corrected chi connectivity index (χ4v) is 4.11. The number of halogens is 3. The molecular formula is C27H31F3O6. The number of benzene rings is 2. The molecule has 6 nitrogen and oxygen atoms in total. The Morgan fingerprint density at radius 3 is 2.00 bits per heavy atom. The molecule has 1 atom stereocenters. The Hall–Kier alpha value is -3.36. The third kappa shape index (κ3) is 6.65. The first-order chi connectivity index (χ1) is 16.9. The van der Waals surface area contributed by atoms with Crippen molar-refractivity contribution >= 4 is 17.7 Å². The second kappa shape index (κ2) is 12.1. The number of methoxy groups -OCH3 is 1. The number of ketones is 1. The lowest BCUT2D eigenvalue weighted by atomic mass is 9.76. The zero-order valence-corrected chi connectivity index (χ0v) is 20.8. The van der Waals surface area contributed by atoms with Crippen molar-refractivity contribution in [3.8, 4) is 5.75 Å². The molecule has 0 heterocycles. The van der Waals surface area contributed by atoms with Crippen molar-refractivity contribution in [2.24, 2.45) is 11.3 Å².